The van der Waals surface area contributed by atoms with Crippen molar-refractivity contribution in [3.8, 4) is 0 Å². The van der Waals surface area contributed by atoms with Gasteiger partial charge in [0.15, 0.2) is 5.78 Å². The molecule has 1 aromatic carbocycles. The second kappa shape index (κ2) is 5.58. The highest BCUT2D eigenvalue weighted by Gasteiger charge is 2.53. The quantitative estimate of drug-likeness (QED) is 0.924. The zero-order chi connectivity index (χ0) is 15.7. The van der Waals surface area contributed by atoms with Gasteiger partial charge in [0.25, 0.3) is 0 Å². The summed E-state index contributed by atoms with van der Waals surface area (Å²) >= 11 is 0. The standard InChI is InChI=1S/C18H23NO2/c1-5-16(20)15-12-9-13-18(21,17(15,2)19(3)4)14-10-7-6-8-11-14/h6-13,21H,5H2,1-4H3. The minimum absolute atomic E-state index is 0.0601. The highest BCUT2D eigenvalue weighted by Crippen LogP contribution is 2.45. The van der Waals surface area contributed by atoms with Gasteiger partial charge in [-0.2, -0.15) is 0 Å². The molecule has 0 spiro atoms. The number of likely N-dealkylation sites (N-methyl/N-ethyl adjacent to an activating group) is 1. The lowest BCUT2D eigenvalue weighted by molar-refractivity contribution is -0.119. The maximum Gasteiger partial charge on any atom is 0.160 e. The maximum atomic E-state index is 12.4. The van der Waals surface area contributed by atoms with Gasteiger partial charge in [0.1, 0.15) is 5.60 Å². The van der Waals surface area contributed by atoms with E-state index in [2.05, 4.69) is 0 Å². The Morgan fingerprint density at radius 1 is 1.24 bits per heavy atom. The van der Waals surface area contributed by atoms with Crippen LogP contribution >= 0.6 is 0 Å². The molecule has 1 aliphatic rings. The Hall–Kier alpha value is -1.71. The Kier molecular flexibility index (Phi) is 4.17. The van der Waals surface area contributed by atoms with E-state index in [0.29, 0.717) is 12.0 Å². The number of allylic oxidation sites excluding steroid dienone is 2. The van der Waals surface area contributed by atoms with Gasteiger partial charge in [-0.3, -0.25) is 9.69 Å². The third kappa shape index (κ3) is 2.27. The van der Waals surface area contributed by atoms with Crippen LogP contribution in [0.3, 0.4) is 0 Å². The number of nitrogens with zero attached hydrogens (tertiary/aromatic N) is 1. The van der Waals surface area contributed by atoms with Crippen molar-refractivity contribution < 1.29 is 9.90 Å². The van der Waals surface area contributed by atoms with Crippen molar-refractivity contribution in [2.45, 2.75) is 31.4 Å². The summed E-state index contributed by atoms with van der Waals surface area (Å²) in [4.78, 5) is 14.3. The number of carbonyl (C=O) groups is 1. The molecule has 3 nitrogen and oxygen atoms in total. The summed E-state index contributed by atoms with van der Waals surface area (Å²) < 4.78 is 0. The summed E-state index contributed by atoms with van der Waals surface area (Å²) in [5.41, 5.74) is -0.626. The topological polar surface area (TPSA) is 40.5 Å². The van der Waals surface area contributed by atoms with Crippen molar-refractivity contribution in [1.82, 2.24) is 4.90 Å². The Balaban J connectivity index is 2.65. The Bertz CT molecular complexity index is 588. The van der Waals surface area contributed by atoms with Gasteiger partial charge in [0, 0.05) is 12.0 Å². The molecule has 0 radical (unpaired) electrons. The monoisotopic (exact) mass is 285 g/mol. The fourth-order valence-electron chi connectivity index (χ4n) is 3.02. The van der Waals surface area contributed by atoms with Gasteiger partial charge >= 0.3 is 0 Å². The smallest absolute Gasteiger partial charge is 0.160 e. The van der Waals surface area contributed by atoms with Crippen molar-refractivity contribution >= 4 is 5.78 Å². The summed E-state index contributed by atoms with van der Waals surface area (Å²) in [5.74, 6) is 0.0601. The van der Waals surface area contributed by atoms with Gasteiger partial charge in [-0.1, -0.05) is 49.4 Å². The summed E-state index contributed by atoms with van der Waals surface area (Å²) in [6.07, 6.45) is 5.80. The van der Waals surface area contributed by atoms with Crippen molar-refractivity contribution in [3.63, 3.8) is 0 Å². The molecule has 2 rings (SSSR count). The minimum atomic E-state index is -1.24. The van der Waals surface area contributed by atoms with Crippen LogP contribution in [0.5, 0.6) is 0 Å². The van der Waals surface area contributed by atoms with Crippen LogP contribution in [0.2, 0.25) is 0 Å². The molecule has 0 aliphatic heterocycles. The average molecular weight is 285 g/mol. The molecule has 112 valence electrons. The molecule has 0 amide bonds. The first kappa shape index (κ1) is 15.7. The SMILES string of the molecule is CCC(=O)C1=CC=CC(O)(c2ccccc2)C1(C)N(C)C. The zero-order valence-corrected chi connectivity index (χ0v) is 13.1. The van der Waals surface area contributed by atoms with E-state index in [0.717, 1.165) is 5.56 Å². The number of aliphatic hydroxyl groups is 1. The lowest BCUT2D eigenvalue weighted by Crippen LogP contribution is -2.60. The average Bonchev–Trinajstić information content (AvgIpc) is 2.50. The van der Waals surface area contributed by atoms with Crippen LogP contribution in [0.4, 0.5) is 0 Å². The van der Waals surface area contributed by atoms with Crippen molar-refractivity contribution in [1.29, 1.82) is 0 Å². The second-order valence-electron chi connectivity index (χ2n) is 5.82. The molecule has 0 saturated carbocycles. The van der Waals surface area contributed by atoms with E-state index in [1.165, 1.54) is 0 Å². The van der Waals surface area contributed by atoms with Crippen LogP contribution in [0.1, 0.15) is 25.8 Å². The predicted molar refractivity (Wildman–Crippen MR) is 85.0 cm³/mol. The summed E-state index contributed by atoms with van der Waals surface area (Å²) in [7, 11) is 3.79. The molecule has 0 bridgehead atoms. The maximum absolute atomic E-state index is 12.4. The fraction of sp³-hybridized carbons (Fsp3) is 0.389. The van der Waals surface area contributed by atoms with Gasteiger partial charge in [-0.25, -0.2) is 0 Å². The molecule has 0 aromatic heterocycles. The fourth-order valence-corrected chi connectivity index (χ4v) is 3.02. The van der Waals surface area contributed by atoms with Crippen LogP contribution in [-0.2, 0) is 10.4 Å². The molecule has 1 aliphatic carbocycles. The van der Waals surface area contributed by atoms with E-state index in [9.17, 15) is 9.90 Å². The molecule has 2 atom stereocenters. The van der Waals surface area contributed by atoms with E-state index in [1.807, 2.05) is 69.3 Å². The molecule has 0 heterocycles. The molecule has 2 unspecified atom stereocenters. The van der Waals surface area contributed by atoms with Crippen molar-refractivity contribution in [3.05, 3.63) is 59.7 Å². The van der Waals surface area contributed by atoms with Crippen LogP contribution in [-0.4, -0.2) is 35.4 Å². The highest BCUT2D eigenvalue weighted by molar-refractivity contribution is 5.98. The number of rotatable bonds is 4. The van der Waals surface area contributed by atoms with E-state index >= 15 is 0 Å². The Morgan fingerprint density at radius 2 is 1.86 bits per heavy atom. The van der Waals surface area contributed by atoms with Gasteiger partial charge in [0.05, 0.1) is 5.54 Å². The van der Waals surface area contributed by atoms with Crippen LogP contribution in [0.15, 0.2) is 54.1 Å². The largest absolute Gasteiger partial charge is 0.379 e. The van der Waals surface area contributed by atoms with E-state index in [1.54, 1.807) is 12.2 Å². The third-order valence-electron chi connectivity index (χ3n) is 4.60. The highest BCUT2D eigenvalue weighted by atomic mass is 16.3. The number of ketones is 1. The van der Waals surface area contributed by atoms with Gasteiger partial charge in [-0.15, -0.1) is 0 Å². The third-order valence-corrected chi connectivity index (χ3v) is 4.60. The Labute approximate surface area is 126 Å². The molecule has 21 heavy (non-hydrogen) atoms. The summed E-state index contributed by atoms with van der Waals surface area (Å²) in [5, 5.41) is 11.4. The molecule has 1 N–H and O–H groups in total. The van der Waals surface area contributed by atoms with E-state index in [-0.39, 0.29) is 5.78 Å². The normalized spacial score (nSPS) is 28.6. The van der Waals surface area contributed by atoms with E-state index in [4.69, 9.17) is 0 Å². The molecule has 0 saturated heterocycles. The van der Waals surface area contributed by atoms with Crippen molar-refractivity contribution in [2.75, 3.05) is 14.1 Å². The lowest BCUT2D eigenvalue weighted by atomic mass is 9.67. The molecule has 3 heteroatoms. The number of carbonyl (C=O) groups excluding carboxylic acids is 1. The summed E-state index contributed by atoms with van der Waals surface area (Å²) in [6.45, 7) is 3.77. The van der Waals surface area contributed by atoms with E-state index < -0.39 is 11.1 Å². The number of benzene rings is 1. The lowest BCUT2D eigenvalue weighted by Gasteiger charge is -2.50. The van der Waals surface area contributed by atoms with Gasteiger partial charge in [-0.05, 0) is 32.7 Å². The summed E-state index contributed by atoms with van der Waals surface area (Å²) in [6, 6.07) is 9.50. The van der Waals surface area contributed by atoms with Gasteiger partial charge < -0.3 is 5.11 Å². The zero-order valence-electron chi connectivity index (χ0n) is 13.1. The van der Waals surface area contributed by atoms with Crippen LogP contribution in [0, 0.1) is 0 Å². The van der Waals surface area contributed by atoms with Crippen molar-refractivity contribution in [2.24, 2.45) is 0 Å². The number of hydrogen-bond acceptors (Lipinski definition) is 3. The predicted octanol–water partition coefficient (Wildman–Crippen LogP) is 2.67. The first-order valence-corrected chi connectivity index (χ1v) is 7.26. The van der Waals surface area contributed by atoms with Crippen LogP contribution < -0.4 is 0 Å². The number of Topliss-reactive ketones (excluding diaryl/α,β-unsaturated/α-hetero) is 1. The molecular weight excluding hydrogens is 262 g/mol. The molecule has 1 aromatic rings. The van der Waals surface area contributed by atoms with Gasteiger partial charge in [0.2, 0.25) is 0 Å². The first-order valence-electron chi connectivity index (χ1n) is 7.26. The molecular formula is C18H23NO2. The second-order valence-corrected chi connectivity index (χ2v) is 5.82. The molecule has 0 fully saturated rings. The Morgan fingerprint density at radius 3 is 2.38 bits per heavy atom. The number of hydrogen-bond donors (Lipinski definition) is 1. The van der Waals surface area contributed by atoms with Crippen LogP contribution in [0.25, 0.3) is 0 Å². The minimum Gasteiger partial charge on any atom is -0.379 e. The first-order chi connectivity index (χ1) is 9.88.